The van der Waals surface area contributed by atoms with Gasteiger partial charge in [0.15, 0.2) is 0 Å². The third-order valence-corrected chi connectivity index (χ3v) is 7.53. The number of anilines is 1. The molecule has 2 saturated carbocycles. The van der Waals surface area contributed by atoms with Gasteiger partial charge in [0.05, 0.1) is 16.2 Å². The SMILES string of the molecule is O=C(Nc1ccc(Cl)c(Cl)c1)NC1NC(C2CC2)CC(NO)N1C1CCCCCCC1. The summed E-state index contributed by atoms with van der Waals surface area (Å²) < 4.78 is 0. The first-order chi connectivity index (χ1) is 15.0. The van der Waals surface area contributed by atoms with E-state index in [1.807, 2.05) is 0 Å². The van der Waals surface area contributed by atoms with Gasteiger partial charge in [-0.25, -0.2) is 4.79 Å². The van der Waals surface area contributed by atoms with Crippen molar-refractivity contribution in [2.75, 3.05) is 5.32 Å². The molecule has 172 valence electrons. The molecule has 1 heterocycles. The molecule has 0 bridgehead atoms. The quantitative estimate of drug-likeness (QED) is 0.396. The Bertz CT molecular complexity index is 755. The molecular weight excluding hydrogens is 437 g/mol. The van der Waals surface area contributed by atoms with Gasteiger partial charge in [-0.3, -0.25) is 10.2 Å². The third kappa shape index (κ3) is 6.03. The second-order valence-electron chi connectivity index (χ2n) is 9.07. The van der Waals surface area contributed by atoms with E-state index in [-0.39, 0.29) is 24.5 Å². The molecule has 1 aromatic carbocycles. The maximum Gasteiger partial charge on any atom is 0.321 e. The maximum atomic E-state index is 12.9. The smallest absolute Gasteiger partial charge is 0.315 e. The molecule has 3 unspecified atom stereocenters. The Morgan fingerprint density at radius 2 is 1.74 bits per heavy atom. The topological polar surface area (TPSA) is 88.7 Å². The molecule has 1 aliphatic heterocycles. The van der Waals surface area contributed by atoms with Gasteiger partial charge in [0.2, 0.25) is 0 Å². The fourth-order valence-corrected chi connectivity index (χ4v) is 5.32. The average Bonchev–Trinajstić information content (AvgIpc) is 3.56. The van der Waals surface area contributed by atoms with E-state index in [9.17, 15) is 10.0 Å². The van der Waals surface area contributed by atoms with E-state index in [0.717, 1.165) is 19.3 Å². The van der Waals surface area contributed by atoms with Crippen LogP contribution < -0.4 is 21.4 Å². The van der Waals surface area contributed by atoms with Crippen LogP contribution in [0, 0.1) is 5.92 Å². The molecule has 7 nitrogen and oxygen atoms in total. The first-order valence-corrected chi connectivity index (χ1v) is 12.3. The average molecular weight is 470 g/mol. The minimum absolute atomic E-state index is 0.188. The number of amides is 2. The summed E-state index contributed by atoms with van der Waals surface area (Å²) in [6.45, 7) is 0. The summed E-state index contributed by atoms with van der Waals surface area (Å²) in [5.74, 6) is 0.609. The minimum atomic E-state index is -0.365. The largest absolute Gasteiger partial charge is 0.321 e. The summed E-state index contributed by atoms with van der Waals surface area (Å²) in [7, 11) is 0. The predicted molar refractivity (Wildman–Crippen MR) is 123 cm³/mol. The molecule has 1 saturated heterocycles. The van der Waals surface area contributed by atoms with Crippen molar-refractivity contribution >= 4 is 34.9 Å². The van der Waals surface area contributed by atoms with E-state index in [1.54, 1.807) is 18.2 Å². The molecule has 4 rings (SSSR count). The zero-order valence-electron chi connectivity index (χ0n) is 17.7. The Kier molecular flexibility index (Phi) is 7.96. The third-order valence-electron chi connectivity index (χ3n) is 6.79. The van der Waals surface area contributed by atoms with Gasteiger partial charge in [-0.1, -0.05) is 55.3 Å². The van der Waals surface area contributed by atoms with Crippen LogP contribution in [0.2, 0.25) is 10.0 Å². The highest BCUT2D eigenvalue weighted by molar-refractivity contribution is 6.42. The van der Waals surface area contributed by atoms with E-state index in [0.29, 0.717) is 27.7 Å². The highest BCUT2D eigenvalue weighted by Crippen LogP contribution is 2.38. The summed E-state index contributed by atoms with van der Waals surface area (Å²) in [5, 5.41) is 20.5. The van der Waals surface area contributed by atoms with Crippen molar-refractivity contribution in [1.82, 2.24) is 21.0 Å². The Labute approximate surface area is 194 Å². The summed E-state index contributed by atoms with van der Waals surface area (Å²) >= 11 is 12.1. The van der Waals surface area contributed by atoms with E-state index in [4.69, 9.17) is 23.2 Å². The van der Waals surface area contributed by atoms with Crippen LogP contribution in [0.3, 0.4) is 0 Å². The van der Waals surface area contributed by atoms with Crippen LogP contribution in [-0.2, 0) is 0 Å². The molecule has 9 heteroatoms. The van der Waals surface area contributed by atoms with Gasteiger partial charge in [-0.2, -0.15) is 5.48 Å². The number of rotatable bonds is 5. The van der Waals surface area contributed by atoms with Crippen molar-refractivity contribution in [3.8, 4) is 0 Å². The zero-order valence-corrected chi connectivity index (χ0v) is 19.3. The van der Waals surface area contributed by atoms with Gasteiger partial charge in [-0.15, -0.1) is 0 Å². The van der Waals surface area contributed by atoms with Crippen molar-refractivity contribution in [3.05, 3.63) is 28.2 Å². The van der Waals surface area contributed by atoms with Crippen LogP contribution in [0.1, 0.15) is 64.2 Å². The summed E-state index contributed by atoms with van der Waals surface area (Å²) in [6.07, 6.45) is 10.9. The lowest BCUT2D eigenvalue weighted by atomic mass is 9.93. The maximum absolute atomic E-state index is 12.9. The van der Waals surface area contributed by atoms with E-state index < -0.39 is 0 Å². The van der Waals surface area contributed by atoms with Gasteiger partial charge < -0.3 is 15.8 Å². The molecule has 0 aromatic heterocycles. The highest BCUT2D eigenvalue weighted by atomic mass is 35.5. The molecule has 0 spiro atoms. The molecule has 0 radical (unpaired) electrons. The number of hydrogen-bond donors (Lipinski definition) is 5. The predicted octanol–water partition coefficient (Wildman–Crippen LogP) is 4.89. The Balaban J connectivity index is 1.49. The lowest BCUT2D eigenvalue weighted by molar-refractivity contribution is -0.0762. The second kappa shape index (κ2) is 10.7. The number of benzene rings is 1. The summed E-state index contributed by atoms with van der Waals surface area (Å²) in [6, 6.07) is 5.26. The van der Waals surface area contributed by atoms with Crippen LogP contribution in [0.4, 0.5) is 10.5 Å². The molecule has 1 aromatic rings. The summed E-state index contributed by atoms with van der Waals surface area (Å²) in [4.78, 5) is 15.1. The molecule has 2 amide bonds. The van der Waals surface area contributed by atoms with Gasteiger partial charge in [0.1, 0.15) is 6.29 Å². The monoisotopic (exact) mass is 469 g/mol. The number of hydrogen-bond acceptors (Lipinski definition) is 5. The standard InChI is InChI=1S/C22H33Cl2N5O2/c23-17-11-10-15(12-18(17)24)25-22(30)27-21-26-19(14-8-9-14)13-20(28-31)29(21)16-6-4-2-1-3-5-7-16/h10-12,14,16,19-21,26,28,31H,1-9,13H2,(H2,25,27,30). The molecule has 3 fully saturated rings. The molecule has 2 aliphatic carbocycles. The van der Waals surface area contributed by atoms with Crippen molar-refractivity contribution in [2.24, 2.45) is 5.92 Å². The van der Waals surface area contributed by atoms with E-state index in [2.05, 4.69) is 26.3 Å². The Hall–Kier alpha value is -1.09. The van der Waals surface area contributed by atoms with Crippen LogP contribution in [0.25, 0.3) is 0 Å². The second-order valence-corrected chi connectivity index (χ2v) is 9.88. The number of halogens is 2. The van der Waals surface area contributed by atoms with Crippen LogP contribution in [-0.4, -0.2) is 40.7 Å². The van der Waals surface area contributed by atoms with Gasteiger partial charge in [-0.05, 0) is 56.2 Å². The molecule has 5 N–H and O–H groups in total. The number of carbonyl (C=O) groups is 1. The molecule has 3 aliphatic rings. The van der Waals surface area contributed by atoms with Gasteiger partial charge >= 0.3 is 6.03 Å². The first-order valence-electron chi connectivity index (χ1n) is 11.5. The van der Waals surface area contributed by atoms with Crippen molar-refractivity contribution < 1.29 is 10.0 Å². The lowest BCUT2D eigenvalue weighted by Gasteiger charge is -2.49. The van der Waals surface area contributed by atoms with Crippen molar-refractivity contribution in [3.63, 3.8) is 0 Å². The molecular formula is C22H33Cl2N5O2. The minimum Gasteiger partial charge on any atom is -0.315 e. The number of hydroxylamine groups is 1. The van der Waals surface area contributed by atoms with Crippen LogP contribution in [0.15, 0.2) is 18.2 Å². The Morgan fingerprint density at radius 3 is 2.39 bits per heavy atom. The number of nitrogens with zero attached hydrogens (tertiary/aromatic N) is 1. The lowest BCUT2D eigenvalue weighted by Crippen LogP contribution is -2.71. The first kappa shape index (κ1) is 23.1. The fourth-order valence-electron chi connectivity index (χ4n) is 5.03. The van der Waals surface area contributed by atoms with Crippen LogP contribution >= 0.6 is 23.2 Å². The van der Waals surface area contributed by atoms with Gasteiger partial charge in [0, 0.05) is 17.8 Å². The Morgan fingerprint density at radius 1 is 1.03 bits per heavy atom. The van der Waals surface area contributed by atoms with Crippen LogP contribution in [0.5, 0.6) is 0 Å². The molecule has 31 heavy (non-hydrogen) atoms. The fraction of sp³-hybridized carbons (Fsp3) is 0.682. The van der Waals surface area contributed by atoms with E-state index >= 15 is 0 Å². The number of nitrogens with one attached hydrogen (secondary N) is 4. The normalized spacial score (nSPS) is 28.5. The summed E-state index contributed by atoms with van der Waals surface area (Å²) in [5.41, 5.74) is 3.13. The molecule has 3 atom stereocenters. The van der Waals surface area contributed by atoms with Crippen molar-refractivity contribution in [2.45, 2.75) is 88.7 Å². The number of urea groups is 1. The highest BCUT2D eigenvalue weighted by Gasteiger charge is 2.44. The zero-order chi connectivity index (χ0) is 21.8. The van der Waals surface area contributed by atoms with E-state index in [1.165, 1.54) is 44.9 Å². The number of carbonyl (C=O) groups excluding carboxylic acids is 1. The van der Waals surface area contributed by atoms with Gasteiger partial charge in [0.25, 0.3) is 0 Å². The van der Waals surface area contributed by atoms with Crippen molar-refractivity contribution in [1.29, 1.82) is 0 Å².